The fourth-order valence-corrected chi connectivity index (χ4v) is 1.63. The average Bonchev–Trinajstić information content (AvgIpc) is 2.51. The van der Waals surface area contributed by atoms with Gasteiger partial charge in [0.05, 0.1) is 12.4 Å². The van der Waals surface area contributed by atoms with Crippen molar-refractivity contribution in [2.45, 2.75) is 12.8 Å². The third-order valence-corrected chi connectivity index (χ3v) is 2.18. The van der Waals surface area contributed by atoms with Gasteiger partial charge in [0.25, 0.3) is 0 Å². The molecular formula is C10H12N2O. The van der Waals surface area contributed by atoms with Crippen molar-refractivity contribution in [2.24, 2.45) is 5.73 Å². The van der Waals surface area contributed by atoms with Gasteiger partial charge in [0.2, 0.25) is 0 Å². The van der Waals surface area contributed by atoms with E-state index in [0.717, 1.165) is 24.3 Å². The van der Waals surface area contributed by atoms with Crippen LogP contribution >= 0.6 is 0 Å². The van der Waals surface area contributed by atoms with Crippen molar-refractivity contribution >= 4 is 5.84 Å². The van der Waals surface area contributed by atoms with E-state index in [9.17, 15) is 0 Å². The standard InChI is InChI=1S/C10H12N2O/c11-9(12)6-8-3-1-2-7-4-5-13-10(7)8/h1-3H,4-6H2,(H3,11,12). The normalized spacial score (nSPS) is 13.5. The molecule has 1 aliphatic rings. The Hall–Kier alpha value is -1.51. The number of ether oxygens (including phenoxy) is 1. The lowest BCUT2D eigenvalue weighted by molar-refractivity contribution is 0.354. The summed E-state index contributed by atoms with van der Waals surface area (Å²) in [5.41, 5.74) is 7.61. The second-order valence-electron chi connectivity index (χ2n) is 3.21. The maximum atomic E-state index is 7.22. The predicted molar refractivity (Wildman–Crippen MR) is 51.3 cm³/mol. The molecule has 0 saturated heterocycles. The van der Waals surface area contributed by atoms with E-state index in [-0.39, 0.29) is 5.84 Å². The van der Waals surface area contributed by atoms with Crippen LogP contribution in [-0.4, -0.2) is 12.4 Å². The van der Waals surface area contributed by atoms with E-state index in [2.05, 4.69) is 6.07 Å². The largest absolute Gasteiger partial charge is 0.493 e. The summed E-state index contributed by atoms with van der Waals surface area (Å²) in [4.78, 5) is 0. The lowest BCUT2D eigenvalue weighted by Crippen LogP contribution is -2.13. The molecule has 0 saturated carbocycles. The van der Waals surface area contributed by atoms with Crippen molar-refractivity contribution in [3.05, 3.63) is 29.3 Å². The maximum absolute atomic E-state index is 7.22. The van der Waals surface area contributed by atoms with Crippen molar-refractivity contribution < 1.29 is 4.74 Å². The molecule has 68 valence electrons. The Kier molecular flexibility index (Phi) is 1.93. The van der Waals surface area contributed by atoms with E-state index in [1.165, 1.54) is 5.56 Å². The van der Waals surface area contributed by atoms with E-state index in [0.29, 0.717) is 6.42 Å². The van der Waals surface area contributed by atoms with Crippen molar-refractivity contribution in [2.75, 3.05) is 6.61 Å². The summed E-state index contributed by atoms with van der Waals surface area (Å²) in [7, 11) is 0. The fourth-order valence-electron chi connectivity index (χ4n) is 1.63. The van der Waals surface area contributed by atoms with Gasteiger partial charge in [-0.2, -0.15) is 0 Å². The van der Waals surface area contributed by atoms with Gasteiger partial charge in [0.1, 0.15) is 5.75 Å². The summed E-state index contributed by atoms with van der Waals surface area (Å²) < 4.78 is 5.48. The van der Waals surface area contributed by atoms with Gasteiger partial charge in [-0.3, -0.25) is 5.41 Å². The zero-order valence-electron chi connectivity index (χ0n) is 7.34. The predicted octanol–water partition coefficient (Wildman–Crippen LogP) is 1.10. The second-order valence-corrected chi connectivity index (χ2v) is 3.21. The van der Waals surface area contributed by atoms with Gasteiger partial charge >= 0.3 is 0 Å². The molecule has 1 heterocycles. The first-order chi connectivity index (χ1) is 6.27. The zero-order valence-corrected chi connectivity index (χ0v) is 7.34. The lowest BCUT2D eigenvalue weighted by atomic mass is 10.1. The highest BCUT2D eigenvalue weighted by Gasteiger charge is 2.15. The molecular weight excluding hydrogens is 164 g/mol. The summed E-state index contributed by atoms with van der Waals surface area (Å²) in [5.74, 6) is 1.13. The monoisotopic (exact) mass is 176 g/mol. The highest BCUT2D eigenvalue weighted by molar-refractivity contribution is 5.80. The SMILES string of the molecule is N=C(N)Cc1cccc2c1OCC2. The minimum absolute atomic E-state index is 0.184. The van der Waals surface area contributed by atoms with Crippen molar-refractivity contribution in [3.63, 3.8) is 0 Å². The van der Waals surface area contributed by atoms with Gasteiger partial charge in [-0.1, -0.05) is 18.2 Å². The molecule has 0 bridgehead atoms. The summed E-state index contributed by atoms with van der Waals surface area (Å²) in [6, 6.07) is 6.02. The minimum atomic E-state index is 0.184. The number of fused-ring (bicyclic) bond motifs is 1. The van der Waals surface area contributed by atoms with E-state index < -0.39 is 0 Å². The van der Waals surface area contributed by atoms with Crippen LogP contribution in [0.5, 0.6) is 5.75 Å². The Morgan fingerprint density at radius 1 is 1.54 bits per heavy atom. The number of hydrogen-bond acceptors (Lipinski definition) is 2. The second kappa shape index (κ2) is 3.09. The van der Waals surface area contributed by atoms with Gasteiger partial charge in [-0.25, -0.2) is 0 Å². The Morgan fingerprint density at radius 2 is 2.38 bits per heavy atom. The molecule has 0 aliphatic carbocycles. The van der Waals surface area contributed by atoms with Crippen LogP contribution in [0.4, 0.5) is 0 Å². The molecule has 0 fully saturated rings. The summed E-state index contributed by atoms with van der Waals surface area (Å²) >= 11 is 0. The Bertz CT molecular complexity index is 347. The molecule has 3 N–H and O–H groups in total. The first-order valence-electron chi connectivity index (χ1n) is 4.34. The van der Waals surface area contributed by atoms with Crippen LogP contribution in [-0.2, 0) is 12.8 Å². The molecule has 0 radical (unpaired) electrons. The summed E-state index contributed by atoms with van der Waals surface area (Å²) in [5, 5.41) is 7.22. The van der Waals surface area contributed by atoms with Gasteiger partial charge in [-0.15, -0.1) is 0 Å². The van der Waals surface area contributed by atoms with Crippen LogP contribution in [0.3, 0.4) is 0 Å². The molecule has 3 heteroatoms. The summed E-state index contributed by atoms with van der Waals surface area (Å²) in [6.45, 7) is 0.754. The smallest absolute Gasteiger partial charge is 0.126 e. The minimum Gasteiger partial charge on any atom is -0.493 e. The number of amidine groups is 1. The molecule has 0 amide bonds. The number of nitrogens with one attached hydrogen (secondary N) is 1. The molecule has 3 nitrogen and oxygen atoms in total. The number of rotatable bonds is 2. The van der Waals surface area contributed by atoms with Crippen LogP contribution in [0.1, 0.15) is 11.1 Å². The molecule has 0 spiro atoms. The summed E-state index contributed by atoms with van der Waals surface area (Å²) in [6.07, 6.45) is 1.46. The third-order valence-electron chi connectivity index (χ3n) is 2.18. The Labute approximate surface area is 77.0 Å². The third kappa shape index (κ3) is 1.49. The number of benzene rings is 1. The van der Waals surface area contributed by atoms with E-state index in [4.69, 9.17) is 15.9 Å². The van der Waals surface area contributed by atoms with E-state index >= 15 is 0 Å². The highest BCUT2D eigenvalue weighted by Crippen LogP contribution is 2.29. The number of para-hydroxylation sites is 1. The number of hydrogen-bond donors (Lipinski definition) is 2. The lowest BCUT2D eigenvalue weighted by Gasteiger charge is -2.06. The van der Waals surface area contributed by atoms with Gasteiger partial charge < -0.3 is 10.5 Å². The van der Waals surface area contributed by atoms with E-state index in [1.54, 1.807) is 0 Å². The quantitative estimate of drug-likeness (QED) is 0.523. The topological polar surface area (TPSA) is 59.1 Å². The van der Waals surface area contributed by atoms with Crippen LogP contribution < -0.4 is 10.5 Å². The number of nitrogens with two attached hydrogens (primary N) is 1. The van der Waals surface area contributed by atoms with Crippen LogP contribution in [0.15, 0.2) is 18.2 Å². The first-order valence-corrected chi connectivity index (χ1v) is 4.34. The van der Waals surface area contributed by atoms with Crippen molar-refractivity contribution in [3.8, 4) is 5.75 Å². The van der Waals surface area contributed by atoms with Crippen molar-refractivity contribution in [1.82, 2.24) is 0 Å². The Balaban J connectivity index is 2.36. The zero-order chi connectivity index (χ0) is 9.26. The van der Waals surface area contributed by atoms with E-state index in [1.807, 2.05) is 12.1 Å². The molecule has 0 aromatic heterocycles. The molecule has 13 heavy (non-hydrogen) atoms. The Morgan fingerprint density at radius 3 is 3.15 bits per heavy atom. The molecule has 2 rings (SSSR count). The maximum Gasteiger partial charge on any atom is 0.126 e. The average molecular weight is 176 g/mol. The molecule has 0 atom stereocenters. The molecule has 1 aliphatic heterocycles. The fraction of sp³-hybridized carbons (Fsp3) is 0.300. The first kappa shape index (κ1) is 8.10. The molecule has 1 aromatic carbocycles. The van der Waals surface area contributed by atoms with Crippen LogP contribution in [0, 0.1) is 5.41 Å². The molecule has 1 aromatic rings. The van der Waals surface area contributed by atoms with Crippen LogP contribution in [0.2, 0.25) is 0 Å². The highest BCUT2D eigenvalue weighted by atomic mass is 16.5. The van der Waals surface area contributed by atoms with Gasteiger partial charge in [0, 0.05) is 18.4 Å². The molecule has 0 unspecified atom stereocenters. The van der Waals surface area contributed by atoms with Gasteiger partial charge in [-0.05, 0) is 5.56 Å². The van der Waals surface area contributed by atoms with Gasteiger partial charge in [0.15, 0.2) is 0 Å². The van der Waals surface area contributed by atoms with Crippen LogP contribution in [0.25, 0.3) is 0 Å². The van der Waals surface area contributed by atoms with Crippen molar-refractivity contribution in [1.29, 1.82) is 5.41 Å².